The highest BCUT2D eigenvalue weighted by molar-refractivity contribution is 6.06. The molecular formula is C27H29N3O3. The van der Waals surface area contributed by atoms with Crippen molar-refractivity contribution in [1.29, 1.82) is 0 Å². The molecule has 0 radical (unpaired) electrons. The summed E-state index contributed by atoms with van der Waals surface area (Å²) in [6, 6.07) is 23.9. The SMILES string of the molecule is C=C(C)COc1cccc(NC(=O)CNc2ccc(C(=O)N(CC)c3ccccc3)cc2)c1. The number of carbonyl (C=O) groups is 2. The van der Waals surface area contributed by atoms with Crippen LogP contribution in [-0.2, 0) is 4.79 Å². The highest BCUT2D eigenvalue weighted by atomic mass is 16.5. The van der Waals surface area contributed by atoms with Crippen LogP contribution < -0.4 is 20.3 Å². The third kappa shape index (κ3) is 6.97. The monoisotopic (exact) mass is 443 g/mol. The number of nitrogens with one attached hydrogen (secondary N) is 2. The lowest BCUT2D eigenvalue weighted by Crippen LogP contribution is -2.30. The molecule has 6 heteroatoms. The largest absolute Gasteiger partial charge is 0.489 e. The minimum absolute atomic E-state index is 0.0678. The minimum Gasteiger partial charge on any atom is -0.489 e. The number of nitrogens with zero attached hydrogens (tertiary/aromatic N) is 1. The maximum absolute atomic E-state index is 12.9. The van der Waals surface area contributed by atoms with Crippen molar-refractivity contribution in [2.75, 3.05) is 35.2 Å². The van der Waals surface area contributed by atoms with Gasteiger partial charge in [0.05, 0.1) is 6.54 Å². The van der Waals surface area contributed by atoms with Crippen LogP contribution in [0.15, 0.2) is 91.0 Å². The van der Waals surface area contributed by atoms with Gasteiger partial charge >= 0.3 is 0 Å². The summed E-state index contributed by atoms with van der Waals surface area (Å²) < 4.78 is 5.61. The first kappa shape index (κ1) is 23.6. The first-order chi connectivity index (χ1) is 16.0. The number of para-hydroxylation sites is 1. The smallest absolute Gasteiger partial charge is 0.258 e. The molecule has 0 aliphatic heterocycles. The summed E-state index contributed by atoms with van der Waals surface area (Å²) in [5, 5.41) is 5.93. The molecule has 0 aliphatic rings. The van der Waals surface area contributed by atoms with E-state index in [-0.39, 0.29) is 18.4 Å². The highest BCUT2D eigenvalue weighted by Crippen LogP contribution is 2.19. The fourth-order valence-electron chi connectivity index (χ4n) is 3.20. The number of hydrogen-bond acceptors (Lipinski definition) is 4. The van der Waals surface area contributed by atoms with E-state index in [0.29, 0.717) is 30.2 Å². The fraction of sp³-hybridized carbons (Fsp3) is 0.185. The van der Waals surface area contributed by atoms with E-state index < -0.39 is 0 Å². The third-order valence-corrected chi connectivity index (χ3v) is 4.82. The summed E-state index contributed by atoms with van der Waals surface area (Å²) in [4.78, 5) is 27.0. The van der Waals surface area contributed by atoms with Crippen molar-refractivity contribution in [2.24, 2.45) is 0 Å². The van der Waals surface area contributed by atoms with Gasteiger partial charge in [-0.25, -0.2) is 0 Å². The molecule has 3 rings (SSSR count). The van der Waals surface area contributed by atoms with Crippen LogP contribution in [0.25, 0.3) is 0 Å². The second-order valence-electron chi connectivity index (χ2n) is 7.64. The molecule has 0 saturated carbocycles. The Hall–Kier alpha value is -4.06. The van der Waals surface area contributed by atoms with Gasteiger partial charge in [0.15, 0.2) is 0 Å². The Morgan fingerprint density at radius 2 is 1.67 bits per heavy atom. The molecule has 170 valence electrons. The van der Waals surface area contributed by atoms with Gasteiger partial charge in [0.2, 0.25) is 5.91 Å². The van der Waals surface area contributed by atoms with Gasteiger partial charge < -0.3 is 20.3 Å². The lowest BCUT2D eigenvalue weighted by Gasteiger charge is -2.21. The summed E-state index contributed by atoms with van der Waals surface area (Å²) in [6.07, 6.45) is 0. The van der Waals surface area contributed by atoms with E-state index in [0.717, 1.165) is 16.9 Å². The topological polar surface area (TPSA) is 70.7 Å². The third-order valence-electron chi connectivity index (χ3n) is 4.82. The molecule has 3 aromatic rings. The molecule has 6 nitrogen and oxygen atoms in total. The number of anilines is 3. The average molecular weight is 444 g/mol. The first-order valence-electron chi connectivity index (χ1n) is 10.8. The molecule has 0 aromatic heterocycles. The number of benzene rings is 3. The standard InChI is InChI=1S/C27H29N3O3/c1-4-30(24-10-6-5-7-11-24)27(32)21-13-15-22(16-14-21)28-18-26(31)29-23-9-8-12-25(17-23)33-19-20(2)3/h5-17,28H,2,4,18-19H2,1,3H3,(H,29,31). The Kier molecular flexibility index (Phi) is 8.24. The summed E-state index contributed by atoms with van der Waals surface area (Å²) in [7, 11) is 0. The number of rotatable bonds is 10. The van der Waals surface area contributed by atoms with E-state index in [4.69, 9.17) is 4.74 Å². The molecule has 3 aromatic carbocycles. The normalized spacial score (nSPS) is 10.2. The predicted octanol–water partition coefficient (Wildman–Crippen LogP) is 5.36. The summed E-state index contributed by atoms with van der Waals surface area (Å²) in [6.45, 7) is 8.74. The zero-order valence-electron chi connectivity index (χ0n) is 19.0. The van der Waals surface area contributed by atoms with Crippen LogP contribution in [0, 0.1) is 0 Å². The van der Waals surface area contributed by atoms with Crippen molar-refractivity contribution >= 4 is 28.9 Å². The van der Waals surface area contributed by atoms with Crippen LogP contribution in [0.1, 0.15) is 24.2 Å². The van der Waals surface area contributed by atoms with Crippen molar-refractivity contribution < 1.29 is 14.3 Å². The zero-order chi connectivity index (χ0) is 23.6. The Morgan fingerprint density at radius 3 is 2.33 bits per heavy atom. The van der Waals surface area contributed by atoms with Crippen LogP contribution in [0.4, 0.5) is 17.1 Å². The molecule has 33 heavy (non-hydrogen) atoms. The fourth-order valence-corrected chi connectivity index (χ4v) is 3.20. The molecule has 0 saturated heterocycles. The van der Waals surface area contributed by atoms with Gasteiger partial charge in [-0.05, 0) is 68.0 Å². The summed E-state index contributed by atoms with van der Waals surface area (Å²) >= 11 is 0. The van der Waals surface area contributed by atoms with Crippen molar-refractivity contribution in [1.82, 2.24) is 0 Å². The Balaban J connectivity index is 1.54. The lowest BCUT2D eigenvalue weighted by molar-refractivity contribution is -0.114. The number of ether oxygens (including phenoxy) is 1. The van der Waals surface area contributed by atoms with Crippen LogP contribution in [0.5, 0.6) is 5.75 Å². The Morgan fingerprint density at radius 1 is 0.939 bits per heavy atom. The second kappa shape index (κ2) is 11.5. The van der Waals surface area contributed by atoms with E-state index in [1.54, 1.807) is 41.3 Å². The zero-order valence-corrected chi connectivity index (χ0v) is 19.0. The number of hydrogen-bond donors (Lipinski definition) is 2. The van der Waals surface area contributed by atoms with Crippen LogP contribution in [0.3, 0.4) is 0 Å². The van der Waals surface area contributed by atoms with E-state index in [1.165, 1.54) is 0 Å². The number of amides is 2. The minimum atomic E-state index is -0.187. The van der Waals surface area contributed by atoms with Gasteiger partial charge in [0.25, 0.3) is 5.91 Å². The van der Waals surface area contributed by atoms with E-state index in [1.807, 2.05) is 56.3 Å². The molecule has 2 N–H and O–H groups in total. The maximum atomic E-state index is 12.9. The molecule has 0 atom stereocenters. The van der Waals surface area contributed by atoms with Gasteiger partial charge in [-0.15, -0.1) is 0 Å². The lowest BCUT2D eigenvalue weighted by atomic mass is 10.1. The molecule has 0 unspecified atom stereocenters. The maximum Gasteiger partial charge on any atom is 0.258 e. The van der Waals surface area contributed by atoms with Gasteiger partial charge in [0.1, 0.15) is 12.4 Å². The van der Waals surface area contributed by atoms with Gasteiger partial charge in [0, 0.05) is 35.2 Å². The predicted molar refractivity (Wildman–Crippen MR) is 134 cm³/mol. The first-order valence-corrected chi connectivity index (χ1v) is 10.8. The van der Waals surface area contributed by atoms with Crippen molar-refractivity contribution in [2.45, 2.75) is 13.8 Å². The van der Waals surface area contributed by atoms with Crippen LogP contribution in [0.2, 0.25) is 0 Å². The van der Waals surface area contributed by atoms with E-state index >= 15 is 0 Å². The van der Waals surface area contributed by atoms with Crippen LogP contribution in [-0.4, -0.2) is 31.5 Å². The van der Waals surface area contributed by atoms with Crippen molar-refractivity contribution in [3.63, 3.8) is 0 Å². The average Bonchev–Trinajstić information content (AvgIpc) is 2.83. The van der Waals surface area contributed by atoms with Crippen molar-refractivity contribution in [3.8, 4) is 5.75 Å². The Labute approximate surface area is 194 Å². The number of carbonyl (C=O) groups excluding carboxylic acids is 2. The van der Waals surface area contributed by atoms with Gasteiger partial charge in [-0.1, -0.05) is 30.8 Å². The van der Waals surface area contributed by atoms with E-state index in [9.17, 15) is 9.59 Å². The van der Waals surface area contributed by atoms with Crippen molar-refractivity contribution in [3.05, 3.63) is 96.6 Å². The molecule has 2 amide bonds. The molecule has 0 fully saturated rings. The molecule has 0 spiro atoms. The Bertz CT molecular complexity index is 1100. The highest BCUT2D eigenvalue weighted by Gasteiger charge is 2.15. The van der Waals surface area contributed by atoms with E-state index in [2.05, 4.69) is 17.2 Å². The summed E-state index contributed by atoms with van der Waals surface area (Å²) in [5.74, 6) is 0.413. The van der Waals surface area contributed by atoms with Crippen LogP contribution >= 0.6 is 0 Å². The molecule has 0 bridgehead atoms. The molecule has 0 heterocycles. The van der Waals surface area contributed by atoms with Gasteiger partial charge in [-0.2, -0.15) is 0 Å². The summed E-state index contributed by atoms with van der Waals surface area (Å²) in [5.41, 5.74) is 3.77. The molecule has 0 aliphatic carbocycles. The quantitative estimate of drug-likeness (QED) is 0.414. The second-order valence-corrected chi connectivity index (χ2v) is 7.64. The van der Waals surface area contributed by atoms with Gasteiger partial charge in [-0.3, -0.25) is 9.59 Å². The molecular weight excluding hydrogens is 414 g/mol.